The van der Waals surface area contributed by atoms with E-state index in [-0.39, 0.29) is 18.3 Å². The van der Waals surface area contributed by atoms with Crippen LogP contribution in [0.3, 0.4) is 0 Å². The molecule has 2 aliphatic heterocycles. The summed E-state index contributed by atoms with van der Waals surface area (Å²) in [7, 11) is 0. The van der Waals surface area contributed by atoms with E-state index in [4.69, 9.17) is 16.3 Å². The van der Waals surface area contributed by atoms with E-state index in [0.29, 0.717) is 22.6 Å². The van der Waals surface area contributed by atoms with Crippen LogP contribution in [-0.2, 0) is 4.79 Å². The SMILES string of the molecule is Cl.O=C(C(Oc1ccc(Cl)cc1)c1ccccc1)N1C[C@H]2CNC[C@H]2C1. The molecule has 0 aliphatic carbocycles. The van der Waals surface area contributed by atoms with Crippen LogP contribution >= 0.6 is 24.0 Å². The number of rotatable bonds is 4. The highest BCUT2D eigenvalue weighted by Gasteiger charge is 2.40. The lowest BCUT2D eigenvalue weighted by atomic mass is 10.0. The molecule has 1 N–H and O–H groups in total. The summed E-state index contributed by atoms with van der Waals surface area (Å²) in [5.41, 5.74) is 0.873. The molecule has 2 aromatic rings. The summed E-state index contributed by atoms with van der Waals surface area (Å²) in [5.74, 6) is 1.81. The molecule has 0 saturated carbocycles. The molecular weight excluding hydrogens is 371 g/mol. The second-order valence-electron chi connectivity index (χ2n) is 6.78. The third kappa shape index (κ3) is 3.98. The molecule has 2 aliphatic rings. The number of amides is 1. The Hall–Kier alpha value is -1.75. The van der Waals surface area contributed by atoms with Gasteiger partial charge in [-0.15, -0.1) is 12.4 Å². The van der Waals surface area contributed by atoms with Crippen molar-refractivity contribution in [3.63, 3.8) is 0 Å². The highest BCUT2D eigenvalue weighted by Crippen LogP contribution is 2.31. The Morgan fingerprint density at radius 1 is 1.04 bits per heavy atom. The fourth-order valence-electron chi connectivity index (χ4n) is 3.74. The Balaban J connectivity index is 0.00000196. The Morgan fingerprint density at radius 3 is 2.27 bits per heavy atom. The van der Waals surface area contributed by atoms with Gasteiger partial charge in [-0.05, 0) is 36.1 Å². The largest absolute Gasteiger partial charge is 0.476 e. The van der Waals surface area contributed by atoms with E-state index < -0.39 is 6.10 Å². The van der Waals surface area contributed by atoms with Crippen LogP contribution in [-0.4, -0.2) is 37.0 Å². The second kappa shape index (κ2) is 8.30. The molecular formula is C20H22Cl2N2O2. The summed E-state index contributed by atoms with van der Waals surface area (Å²) in [6.07, 6.45) is -0.630. The molecule has 1 amide bonds. The Labute approximate surface area is 164 Å². The molecule has 2 heterocycles. The molecule has 4 nitrogen and oxygen atoms in total. The van der Waals surface area contributed by atoms with Gasteiger partial charge in [0.1, 0.15) is 5.75 Å². The fraction of sp³-hybridized carbons (Fsp3) is 0.350. The van der Waals surface area contributed by atoms with E-state index in [1.54, 1.807) is 24.3 Å². The van der Waals surface area contributed by atoms with Gasteiger partial charge in [-0.2, -0.15) is 0 Å². The number of carbonyl (C=O) groups excluding carboxylic acids is 1. The Morgan fingerprint density at radius 2 is 1.65 bits per heavy atom. The van der Waals surface area contributed by atoms with Crippen LogP contribution in [0, 0.1) is 11.8 Å². The molecule has 1 unspecified atom stereocenters. The number of hydrogen-bond donors (Lipinski definition) is 1. The number of benzene rings is 2. The van der Waals surface area contributed by atoms with Crippen LogP contribution in [0.1, 0.15) is 11.7 Å². The van der Waals surface area contributed by atoms with Gasteiger partial charge in [0.2, 0.25) is 6.10 Å². The summed E-state index contributed by atoms with van der Waals surface area (Å²) in [6.45, 7) is 3.62. The van der Waals surface area contributed by atoms with E-state index in [9.17, 15) is 4.79 Å². The highest BCUT2D eigenvalue weighted by molar-refractivity contribution is 6.30. The molecule has 6 heteroatoms. The van der Waals surface area contributed by atoms with Crippen molar-refractivity contribution in [3.8, 4) is 5.75 Å². The lowest BCUT2D eigenvalue weighted by Crippen LogP contribution is -2.37. The summed E-state index contributed by atoms with van der Waals surface area (Å²) in [6, 6.07) is 16.8. The first-order chi connectivity index (χ1) is 12.2. The number of hydrogen-bond acceptors (Lipinski definition) is 3. The molecule has 138 valence electrons. The smallest absolute Gasteiger partial charge is 0.268 e. The maximum atomic E-state index is 13.2. The molecule has 26 heavy (non-hydrogen) atoms. The van der Waals surface area contributed by atoms with Crippen molar-refractivity contribution >= 4 is 29.9 Å². The first-order valence-corrected chi connectivity index (χ1v) is 9.05. The second-order valence-corrected chi connectivity index (χ2v) is 7.22. The van der Waals surface area contributed by atoms with Gasteiger partial charge in [0, 0.05) is 36.8 Å². The monoisotopic (exact) mass is 392 g/mol. The van der Waals surface area contributed by atoms with Crippen LogP contribution in [0.5, 0.6) is 5.75 Å². The van der Waals surface area contributed by atoms with Gasteiger partial charge in [0.25, 0.3) is 5.91 Å². The summed E-state index contributed by atoms with van der Waals surface area (Å²) >= 11 is 5.95. The highest BCUT2D eigenvalue weighted by atomic mass is 35.5. The number of halogens is 2. The lowest BCUT2D eigenvalue weighted by molar-refractivity contribution is -0.138. The molecule has 0 aromatic heterocycles. The molecule has 0 bridgehead atoms. The number of nitrogens with zero attached hydrogens (tertiary/aromatic N) is 1. The van der Waals surface area contributed by atoms with Crippen LogP contribution in [0.2, 0.25) is 5.02 Å². The van der Waals surface area contributed by atoms with E-state index in [1.165, 1.54) is 0 Å². The average molecular weight is 393 g/mol. The quantitative estimate of drug-likeness (QED) is 0.864. The van der Waals surface area contributed by atoms with Crippen LogP contribution in [0.25, 0.3) is 0 Å². The van der Waals surface area contributed by atoms with E-state index >= 15 is 0 Å². The topological polar surface area (TPSA) is 41.6 Å². The number of fused-ring (bicyclic) bond motifs is 1. The van der Waals surface area contributed by atoms with Crippen LogP contribution < -0.4 is 10.1 Å². The van der Waals surface area contributed by atoms with Gasteiger partial charge >= 0.3 is 0 Å². The van der Waals surface area contributed by atoms with E-state index in [0.717, 1.165) is 31.7 Å². The Kier molecular flexibility index (Phi) is 6.07. The van der Waals surface area contributed by atoms with Crippen molar-refractivity contribution in [2.24, 2.45) is 11.8 Å². The third-order valence-corrected chi connectivity index (χ3v) is 5.35. The summed E-state index contributed by atoms with van der Waals surface area (Å²) in [5, 5.41) is 4.06. The number of carbonyl (C=O) groups is 1. The molecule has 3 atom stereocenters. The third-order valence-electron chi connectivity index (χ3n) is 5.10. The van der Waals surface area contributed by atoms with Crippen LogP contribution in [0.4, 0.5) is 0 Å². The molecule has 0 radical (unpaired) electrons. The van der Waals surface area contributed by atoms with Gasteiger partial charge in [-0.3, -0.25) is 4.79 Å². The molecule has 2 aromatic carbocycles. The van der Waals surface area contributed by atoms with Crippen molar-refractivity contribution in [1.29, 1.82) is 0 Å². The normalized spacial score (nSPS) is 22.4. The van der Waals surface area contributed by atoms with Crippen molar-refractivity contribution in [2.45, 2.75) is 6.10 Å². The zero-order chi connectivity index (χ0) is 17.2. The maximum absolute atomic E-state index is 13.2. The maximum Gasteiger partial charge on any atom is 0.268 e. The van der Waals surface area contributed by atoms with Crippen LogP contribution in [0.15, 0.2) is 54.6 Å². The Bertz CT molecular complexity index is 727. The fourth-order valence-corrected chi connectivity index (χ4v) is 3.87. The minimum atomic E-state index is -0.630. The first-order valence-electron chi connectivity index (χ1n) is 8.67. The predicted molar refractivity (Wildman–Crippen MR) is 105 cm³/mol. The summed E-state index contributed by atoms with van der Waals surface area (Å²) < 4.78 is 6.09. The lowest BCUT2D eigenvalue weighted by Gasteiger charge is -2.25. The van der Waals surface area contributed by atoms with Crippen molar-refractivity contribution < 1.29 is 9.53 Å². The summed E-state index contributed by atoms with van der Waals surface area (Å²) in [4.78, 5) is 15.2. The average Bonchev–Trinajstić information content (AvgIpc) is 3.23. The van der Waals surface area contributed by atoms with Crippen molar-refractivity contribution in [3.05, 3.63) is 65.2 Å². The van der Waals surface area contributed by atoms with Crippen molar-refractivity contribution in [1.82, 2.24) is 10.2 Å². The van der Waals surface area contributed by atoms with E-state index in [1.807, 2.05) is 35.2 Å². The van der Waals surface area contributed by atoms with Gasteiger partial charge in [-0.25, -0.2) is 0 Å². The first kappa shape index (κ1) is 19.0. The minimum absolute atomic E-state index is 0. The standard InChI is InChI=1S/C20H21ClN2O2.ClH/c21-17-6-8-18(9-7-17)25-19(14-4-2-1-3-5-14)20(24)23-12-15-10-22-11-16(15)13-23;/h1-9,15-16,19,22H,10-13H2;1H/t15-,16+,19?;. The van der Waals surface area contributed by atoms with E-state index in [2.05, 4.69) is 5.32 Å². The number of likely N-dealkylation sites (tertiary alicyclic amines) is 1. The molecule has 2 saturated heterocycles. The molecule has 0 spiro atoms. The zero-order valence-corrected chi connectivity index (χ0v) is 15.9. The zero-order valence-electron chi connectivity index (χ0n) is 14.3. The number of nitrogens with one attached hydrogen (secondary N) is 1. The van der Waals surface area contributed by atoms with Crippen molar-refractivity contribution in [2.75, 3.05) is 26.2 Å². The molecule has 2 fully saturated rings. The minimum Gasteiger partial charge on any atom is -0.476 e. The number of ether oxygens (including phenoxy) is 1. The van der Waals surface area contributed by atoms with Gasteiger partial charge < -0.3 is 15.0 Å². The van der Waals surface area contributed by atoms with Gasteiger partial charge in [0.05, 0.1) is 0 Å². The molecule has 4 rings (SSSR count). The van der Waals surface area contributed by atoms with Gasteiger partial charge in [0.15, 0.2) is 0 Å². The van der Waals surface area contributed by atoms with Gasteiger partial charge in [-0.1, -0.05) is 41.9 Å². The predicted octanol–water partition coefficient (Wildman–Crippen LogP) is 3.56.